The van der Waals surface area contributed by atoms with Gasteiger partial charge in [0.05, 0.1) is 5.41 Å². The molecule has 1 amide bonds. The molecule has 27 heavy (non-hydrogen) atoms. The fourth-order valence-electron chi connectivity index (χ4n) is 6.02. The zero-order chi connectivity index (χ0) is 19.1. The number of para-hydroxylation sites is 1. The standard InChI is InChI=1S/C21H26FNO4/c1-14(24)23-21-11-15-8-16(12-21)10-20(9-15,13-21)19(25)27-7-6-26-18-5-3-2-4-17(18)22/h2-5,15-16H,6-13H2,1H3,(H,23,24). The molecule has 4 bridgehead atoms. The second-order valence-electron chi connectivity index (χ2n) is 8.62. The van der Waals surface area contributed by atoms with Crippen LogP contribution in [0, 0.1) is 23.1 Å². The first-order chi connectivity index (χ1) is 12.9. The van der Waals surface area contributed by atoms with Crippen LogP contribution in [0.3, 0.4) is 0 Å². The molecule has 146 valence electrons. The largest absolute Gasteiger partial charge is 0.487 e. The number of hydrogen-bond acceptors (Lipinski definition) is 4. The number of halogens is 1. The minimum absolute atomic E-state index is 0.0289. The van der Waals surface area contributed by atoms with Crippen LogP contribution in [-0.2, 0) is 14.3 Å². The molecule has 5 nitrogen and oxygen atoms in total. The summed E-state index contributed by atoms with van der Waals surface area (Å²) in [5.41, 5.74) is -0.747. The van der Waals surface area contributed by atoms with Crippen molar-refractivity contribution < 1.29 is 23.5 Å². The molecule has 0 aromatic heterocycles. The number of hydrogen-bond donors (Lipinski definition) is 1. The number of ether oxygens (including phenoxy) is 2. The summed E-state index contributed by atoms with van der Waals surface area (Å²) in [5, 5.41) is 3.15. The Morgan fingerprint density at radius 1 is 1.15 bits per heavy atom. The van der Waals surface area contributed by atoms with Gasteiger partial charge in [0.15, 0.2) is 11.6 Å². The molecule has 1 aromatic rings. The maximum Gasteiger partial charge on any atom is 0.312 e. The van der Waals surface area contributed by atoms with E-state index in [0.29, 0.717) is 18.3 Å². The van der Waals surface area contributed by atoms with Crippen LogP contribution in [0.2, 0.25) is 0 Å². The van der Waals surface area contributed by atoms with Crippen molar-refractivity contribution >= 4 is 11.9 Å². The van der Waals surface area contributed by atoms with E-state index in [9.17, 15) is 14.0 Å². The third kappa shape index (κ3) is 3.54. The monoisotopic (exact) mass is 375 g/mol. The van der Waals surface area contributed by atoms with Gasteiger partial charge in [0.25, 0.3) is 0 Å². The Hall–Kier alpha value is -2.11. The molecule has 6 heteroatoms. The SMILES string of the molecule is CC(=O)NC12CC3CC(C1)CC(C(=O)OCCOc1ccccc1F)(C3)C2. The van der Waals surface area contributed by atoms with Crippen molar-refractivity contribution in [2.75, 3.05) is 13.2 Å². The minimum Gasteiger partial charge on any atom is -0.487 e. The third-order valence-electron chi connectivity index (χ3n) is 6.35. The Morgan fingerprint density at radius 2 is 1.85 bits per heavy atom. The summed E-state index contributed by atoms with van der Waals surface area (Å²) < 4.78 is 24.5. The molecule has 4 aliphatic rings. The fourth-order valence-corrected chi connectivity index (χ4v) is 6.02. The smallest absolute Gasteiger partial charge is 0.312 e. The Balaban J connectivity index is 1.37. The van der Waals surface area contributed by atoms with Crippen LogP contribution in [0.4, 0.5) is 4.39 Å². The first kappa shape index (κ1) is 18.3. The topological polar surface area (TPSA) is 64.6 Å². The maximum atomic E-state index is 13.6. The van der Waals surface area contributed by atoms with Crippen molar-refractivity contribution in [1.29, 1.82) is 0 Å². The second kappa shape index (κ2) is 6.80. The highest BCUT2D eigenvalue weighted by molar-refractivity contribution is 5.79. The summed E-state index contributed by atoms with van der Waals surface area (Å²) in [4.78, 5) is 24.6. The molecule has 0 heterocycles. The third-order valence-corrected chi connectivity index (χ3v) is 6.35. The Bertz CT molecular complexity index is 735. The van der Waals surface area contributed by atoms with E-state index in [2.05, 4.69) is 5.32 Å². The van der Waals surface area contributed by atoms with E-state index < -0.39 is 11.2 Å². The molecule has 0 saturated heterocycles. The van der Waals surface area contributed by atoms with E-state index in [1.165, 1.54) is 6.07 Å². The summed E-state index contributed by atoms with van der Waals surface area (Å²) in [6.07, 6.45) is 5.44. The predicted octanol–water partition coefficient (Wildman–Crippen LogP) is 3.22. The van der Waals surface area contributed by atoms with Gasteiger partial charge in [-0.3, -0.25) is 9.59 Å². The van der Waals surface area contributed by atoms with Gasteiger partial charge in [-0.25, -0.2) is 4.39 Å². The summed E-state index contributed by atoms with van der Waals surface area (Å²) in [5.74, 6) is 0.456. The fraction of sp³-hybridized carbons (Fsp3) is 0.619. The van der Waals surface area contributed by atoms with Crippen molar-refractivity contribution in [3.05, 3.63) is 30.1 Å². The van der Waals surface area contributed by atoms with E-state index in [-0.39, 0.29) is 36.4 Å². The molecule has 1 N–H and O–H groups in total. The number of carbonyl (C=O) groups excluding carboxylic acids is 2. The lowest BCUT2D eigenvalue weighted by Crippen LogP contribution is -2.64. The van der Waals surface area contributed by atoms with Crippen LogP contribution in [0.1, 0.15) is 45.4 Å². The van der Waals surface area contributed by atoms with E-state index in [1.54, 1.807) is 25.1 Å². The van der Waals surface area contributed by atoms with Crippen LogP contribution in [0.25, 0.3) is 0 Å². The first-order valence-corrected chi connectivity index (χ1v) is 9.73. The van der Waals surface area contributed by atoms with Gasteiger partial charge in [-0.15, -0.1) is 0 Å². The van der Waals surface area contributed by atoms with E-state index in [0.717, 1.165) is 32.1 Å². The summed E-state index contributed by atoms with van der Waals surface area (Å²) in [6.45, 7) is 1.76. The minimum atomic E-state index is -0.496. The molecule has 2 atom stereocenters. The van der Waals surface area contributed by atoms with Gasteiger partial charge >= 0.3 is 5.97 Å². The number of rotatable bonds is 6. The zero-order valence-electron chi connectivity index (χ0n) is 15.6. The molecule has 1 aromatic carbocycles. The molecule has 0 radical (unpaired) electrons. The Kier molecular flexibility index (Phi) is 4.60. The van der Waals surface area contributed by atoms with Crippen molar-refractivity contribution in [2.24, 2.45) is 17.3 Å². The highest BCUT2D eigenvalue weighted by Crippen LogP contribution is 2.62. The van der Waals surface area contributed by atoms with Crippen molar-refractivity contribution in [1.82, 2.24) is 5.32 Å². The molecule has 4 fully saturated rings. The van der Waals surface area contributed by atoms with E-state index in [1.807, 2.05) is 0 Å². The molecule has 4 aliphatic carbocycles. The highest BCUT2D eigenvalue weighted by atomic mass is 19.1. The number of amides is 1. The van der Waals surface area contributed by atoms with Crippen LogP contribution < -0.4 is 10.1 Å². The van der Waals surface area contributed by atoms with Crippen LogP contribution in [0.15, 0.2) is 24.3 Å². The molecular weight excluding hydrogens is 349 g/mol. The molecule has 5 rings (SSSR count). The van der Waals surface area contributed by atoms with Crippen LogP contribution >= 0.6 is 0 Å². The number of nitrogens with one attached hydrogen (secondary N) is 1. The first-order valence-electron chi connectivity index (χ1n) is 9.73. The maximum absolute atomic E-state index is 13.6. The zero-order valence-corrected chi connectivity index (χ0v) is 15.6. The van der Waals surface area contributed by atoms with Gasteiger partial charge in [-0.05, 0) is 62.5 Å². The lowest BCUT2D eigenvalue weighted by atomic mass is 9.47. The van der Waals surface area contributed by atoms with Gasteiger partial charge in [0.2, 0.25) is 5.91 Å². The number of carbonyl (C=O) groups is 2. The lowest BCUT2D eigenvalue weighted by molar-refractivity contribution is -0.176. The van der Waals surface area contributed by atoms with Crippen molar-refractivity contribution in [3.63, 3.8) is 0 Å². The van der Waals surface area contributed by atoms with Gasteiger partial charge in [-0.1, -0.05) is 12.1 Å². The van der Waals surface area contributed by atoms with Gasteiger partial charge in [0, 0.05) is 12.5 Å². The Labute approximate surface area is 158 Å². The number of esters is 1. The summed E-state index contributed by atoms with van der Waals surface area (Å²) in [7, 11) is 0. The highest BCUT2D eigenvalue weighted by Gasteiger charge is 2.61. The van der Waals surface area contributed by atoms with Crippen molar-refractivity contribution in [3.8, 4) is 5.75 Å². The lowest BCUT2D eigenvalue weighted by Gasteiger charge is -2.60. The molecular formula is C21H26FNO4. The average molecular weight is 375 g/mol. The molecule has 4 saturated carbocycles. The van der Waals surface area contributed by atoms with Crippen molar-refractivity contribution in [2.45, 2.75) is 51.0 Å². The van der Waals surface area contributed by atoms with Gasteiger partial charge in [-0.2, -0.15) is 0 Å². The van der Waals surface area contributed by atoms with Crippen LogP contribution in [0.5, 0.6) is 5.75 Å². The van der Waals surface area contributed by atoms with E-state index >= 15 is 0 Å². The molecule has 2 unspecified atom stereocenters. The number of benzene rings is 1. The molecule has 0 aliphatic heterocycles. The van der Waals surface area contributed by atoms with E-state index in [4.69, 9.17) is 9.47 Å². The quantitative estimate of drug-likeness (QED) is 0.612. The van der Waals surface area contributed by atoms with Gasteiger partial charge in [0.1, 0.15) is 13.2 Å². The Morgan fingerprint density at radius 3 is 2.52 bits per heavy atom. The normalized spacial score (nSPS) is 33.6. The molecule has 0 spiro atoms. The summed E-state index contributed by atoms with van der Waals surface area (Å²) >= 11 is 0. The predicted molar refractivity (Wildman–Crippen MR) is 96.5 cm³/mol. The average Bonchev–Trinajstić information content (AvgIpc) is 2.57. The second-order valence-corrected chi connectivity index (χ2v) is 8.62. The summed E-state index contributed by atoms with van der Waals surface area (Å²) in [6, 6.07) is 6.17. The van der Waals surface area contributed by atoms with Crippen LogP contribution in [-0.4, -0.2) is 30.6 Å². The van der Waals surface area contributed by atoms with Gasteiger partial charge < -0.3 is 14.8 Å².